The van der Waals surface area contributed by atoms with Gasteiger partial charge in [0.2, 0.25) is 5.91 Å². The summed E-state index contributed by atoms with van der Waals surface area (Å²) in [6.45, 7) is 6.07. The van der Waals surface area contributed by atoms with E-state index in [0.29, 0.717) is 18.7 Å². The smallest absolute Gasteiger partial charge is 0.227 e. The third kappa shape index (κ3) is 4.38. The fraction of sp³-hybridized carbons (Fsp3) is 0.438. The summed E-state index contributed by atoms with van der Waals surface area (Å²) in [5.41, 5.74) is 0.517. The predicted octanol–water partition coefficient (Wildman–Crippen LogP) is 3.10. The Morgan fingerprint density at radius 3 is 3.05 bits per heavy atom. The molecule has 1 heterocycles. The molecule has 114 valence electrons. The number of carbonyl (C=O) groups is 1. The van der Waals surface area contributed by atoms with Gasteiger partial charge in [0.1, 0.15) is 5.82 Å². The van der Waals surface area contributed by atoms with Crippen molar-refractivity contribution in [2.24, 2.45) is 5.92 Å². The molecule has 1 atom stereocenters. The van der Waals surface area contributed by atoms with Gasteiger partial charge in [-0.25, -0.2) is 4.39 Å². The van der Waals surface area contributed by atoms with Crippen LogP contribution in [0.5, 0.6) is 0 Å². The maximum Gasteiger partial charge on any atom is 0.227 e. The van der Waals surface area contributed by atoms with E-state index in [1.807, 2.05) is 0 Å². The molecule has 2 rings (SSSR count). The number of amides is 1. The predicted molar refractivity (Wildman–Crippen MR) is 85.3 cm³/mol. The van der Waals surface area contributed by atoms with Crippen molar-refractivity contribution < 1.29 is 9.18 Å². The molecule has 0 aliphatic carbocycles. The molecule has 0 aromatic heterocycles. The summed E-state index contributed by atoms with van der Waals surface area (Å²) in [6.07, 6.45) is 3.58. The molecule has 1 aliphatic heterocycles. The van der Waals surface area contributed by atoms with Crippen LogP contribution in [0.25, 0.3) is 0 Å². The SMILES string of the molecule is C=CCN(Cc1cc(Br)ccc1F)C(=O)C1CCCNC1. The number of benzene rings is 1. The van der Waals surface area contributed by atoms with Crippen molar-refractivity contribution in [2.45, 2.75) is 19.4 Å². The van der Waals surface area contributed by atoms with Gasteiger partial charge in [-0.15, -0.1) is 6.58 Å². The summed E-state index contributed by atoms with van der Waals surface area (Å²) in [4.78, 5) is 14.3. The van der Waals surface area contributed by atoms with Crippen molar-refractivity contribution in [1.82, 2.24) is 10.2 Å². The molecular formula is C16H20BrFN2O. The minimum atomic E-state index is -0.290. The molecule has 3 nitrogen and oxygen atoms in total. The van der Waals surface area contributed by atoms with Crippen molar-refractivity contribution >= 4 is 21.8 Å². The van der Waals surface area contributed by atoms with Crippen LogP contribution in [0.3, 0.4) is 0 Å². The molecule has 1 saturated heterocycles. The fourth-order valence-corrected chi connectivity index (χ4v) is 2.99. The van der Waals surface area contributed by atoms with E-state index in [2.05, 4.69) is 27.8 Å². The molecule has 1 aliphatic rings. The van der Waals surface area contributed by atoms with E-state index in [0.717, 1.165) is 23.9 Å². The zero-order chi connectivity index (χ0) is 15.2. The Morgan fingerprint density at radius 2 is 2.38 bits per heavy atom. The van der Waals surface area contributed by atoms with Gasteiger partial charge in [-0.05, 0) is 37.6 Å². The van der Waals surface area contributed by atoms with E-state index in [9.17, 15) is 9.18 Å². The lowest BCUT2D eigenvalue weighted by molar-refractivity contribution is -0.136. The Morgan fingerprint density at radius 1 is 1.57 bits per heavy atom. The number of nitrogens with one attached hydrogen (secondary N) is 1. The summed E-state index contributed by atoms with van der Waals surface area (Å²) in [7, 11) is 0. The first-order valence-electron chi connectivity index (χ1n) is 7.16. The molecule has 0 spiro atoms. The molecule has 1 aromatic carbocycles. The maximum atomic E-state index is 13.9. The summed E-state index contributed by atoms with van der Waals surface area (Å²) in [6, 6.07) is 4.79. The van der Waals surface area contributed by atoms with E-state index < -0.39 is 0 Å². The van der Waals surface area contributed by atoms with Crippen molar-refractivity contribution in [3.63, 3.8) is 0 Å². The first-order chi connectivity index (χ1) is 10.1. The molecule has 0 saturated carbocycles. The Kier molecular flexibility index (Phi) is 5.94. The largest absolute Gasteiger partial charge is 0.334 e. The average Bonchev–Trinajstić information content (AvgIpc) is 2.50. The quantitative estimate of drug-likeness (QED) is 0.824. The molecule has 5 heteroatoms. The number of hydrogen-bond donors (Lipinski definition) is 1. The second-order valence-electron chi connectivity index (χ2n) is 5.29. The molecular weight excluding hydrogens is 335 g/mol. The Balaban J connectivity index is 2.12. The van der Waals surface area contributed by atoms with E-state index in [4.69, 9.17) is 0 Å². The first kappa shape index (κ1) is 16.2. The minimum Gasteiger partial charge on any atom is -0.334 e. The number of carbonyl (C=O) groups excluding carboxylic acids is 1. The fourth-order valence-electron chi connectivity index (χ4n) is 2.58. The number of nitrogens with zero attached hydrogens (tertiary/aromatic N) is 1. The van der Waals surface area contributed by atoms with Gasteiger partial charge in [-0.2, -0.15) is 0 Å². The second-order valence-corrected chi connectivity index (χ2v) is 6.20. The normalized spacial score (nSPS) is 18.3. The molecule has 1 N–H and O–H groups in total. The van der Waals surface area contributed by atoms with E-state index in [-0.39, 0.29) is 24.2 Å². The maximum absolute atomic E-state index is 13.9. The number of hydrogen-bond acceptors (Lipinski definition) is 2. The Labute approximate surface area is 133 Å². The van der Waals surface area contributed by atoms with Crippen molar-refractivity contribution in [3.05, 3.63) is 46.7 Å². The second kappa shape index (κ2) is 7.71. The number of rotatable bonds is 5. The zero-order valence-corrected chi connectivity index (χ0v) is 13.5. The molecule has 0 bridgehead atoms. The molecule has 0 radical (unpaired) electrons. The first-order valence-corrected chi connectivity index (χ1v) is 7.95. The van der Waals surface area contributed by atoms with Gasteiger partial charge in [-0.3, -0.25) is 4.79 Å². The van der Waals surface area contributed by atoms with E-state index in [1.165, 1.54) is 6.07 Å². The highest BCUT2D eigenvalue weighted by Crippen LogP contribution is 2.20. The van der Waals surface area contributed by atoms with Crippen molar-refractivity contribution in [3.8, 4) is 0 Å². The molecule has 1 fully saturated rings. The number of halogens is 2. The lowest BCUT2D eigenvalue weighted by Crippen LogP contribution is -2.42. The van der Waals surface area contributed by atoms with Gasteiger partial charge >= 0.3 is 0 Å². The van der Waals surface area contributed by atoms with Crippen LogP contribution in [-0.2, 0) is 11.3 Å². The lowest BCUT2D eigenvalue weighted by Gasteiger charge is -2.29. The van der Waals surface area contributed by atoms with Gasteiger partial charge in [0.15, 0.2) is 0 Å². The molecule has 1 unspecified atom stereocenters. The zero-order valence-electron chi connectivity index (χ0n) is 11.9. The van der Waals surface area contributed by atoms with Gasteiger partial charge in [0.05, 0.1) is 5.92 Å². The van der Waals surface area contributed by atoms with Crippen LogP contribution in [0.15, 0.2) is 35.3 Å². The van der Waals surface area contributed by atoms with Gasteiger partial charge in [0, 0.05) is 29.7 Å². The summed E-state index contributed by atoms with van der Waals surface area (Å²) in [5, 5.41) is 3.24. The molecule has 1 aromatic rings. The topological polar surface area (TPSA) is 32.3 Å². The third-order valence-electron chi connectivity index (χ3n) is 3.68. The molecule has 1 amide bonds. The molecule has 21 heavy (non-hydrogen) atoms. The van der Waals surface area contributed by atoms with Crippen LogP contribution >= 0.6 is 15.9 Å². The van der Waals surface area contributed by atoms with Crippen molar-refractivity contribution in [2.75, 3.05) is 19.6 Å². The summed E-state index contributed by atoms with van der Waals surface area (Å²) in [5.74, 6) is -0.239. The highest BCUT2D eigenvalue weighted by molar-refractivity contribution is 9.10. The number of piperidine rings is 1. The highest BCUT2D eigenvalue weighted by atomic mass is 79.9. The van der Waals surface area contributed by atoms with Crippen LogP contribution in [0.2, 0.25) is 0 Å². The van der Waals surface area contributed by atoms with Crippen LogP contribution < -0.4 is 5.32 Å². The highest BCUT2D eigenvalue weighted by Gasteiger charge is 2.25. The van der Waals surface area contributed by atoms with Gasteiger partial charge in [-0.1, -0.05) is 22.0 Å². The van der Waals surface area contributed by atoms with Crippen LogP contribution in [0.4, 0.5) is 4.39 Å². The summed E-state index contributed by atoms with van der Waals surface area (Å²) < 4.78 is 14.7. The third-order valence-corrected chi connectivity index (χ3v) is 4.17. The van der Waals surface area contributed by atoms with E-state index >= 15 is 0 Å². The van der Waals surface area contributed by atoms with Crippen LogP contribution in [-0.4, -0.2) is 30.4 Å². The van der Waals surface area contributed by atoms with Crippen molar-refractivity contribution in [1.29, 1.82) is 0 Å². The Bertz CT molecular complexity index is 515. The van der Waals surface area contributed by atoms with Gasteiger partial charge in [0.25, 0.3) is 0 Å². The van der Waals surface area contributed by atoms with Gasteiger partial charge < -0.3 is 10.2 Å². The van der Waals surface area contributed by atoms with Crippen LogP contribution in [0.1, 0.15) is 18.4 Å². The summed E-state index contributed by atoms with van der Waals surface area (Å²) >= 11 is 3.34. The Hall–Kier alpha value is -1.20. The lowest BCUT2D eigenvalue weighted by atomic mass is 9.98. The monoisotopic (exact) mass is 354 g/mol. The standard InChI is InChI=1S/C16H20BrFN2O/c1-2-8-20(16(21)12-4-3-7-19-10-12)11-13-9-14(17)5-6-15(13)18/h2,5-6,9,12,19H,1,3-4,7-8,10-11H2. The van der Waals surface area contributed by atoms with Crippen LogP contribution in [0, 0.1) is 11.7 Å². The minimum absolute atomic E-state index is 0.0195. The van der Waals surface area contributed by atoms with E-state index in [1.54, 1.807) is 23.1 Å². The average molecular weight is 355 g/mol.